The maximum atomic E-state index is 12.0. The first-order valence-corrected chi connectivity index (χ1v) is 7.69. The number of nitrogens with zero attached hydrogens (tertiary/aromatic N) is 4. The molecule has 0 bridgehead atoms. The van der Waals surface area contributed by atoms with Crippen LogP contribution in [0, 0.1) is 6.92 Å². The van der Waals surface area contributed by atoms with Crippen molar-refractivity contribution >= 4 is 29.0 Å². The van der Waals surface area contributed by atoms with Crippen molar-refractivity contribution in [2.45, 2.75) is 31.0 Å². The minimum atomic E-state index is -0.119. The van der Waals surface area contributed by atoms with Crippen molar-refractivity contribution in [3.63, 3.8) is 0 Å². The van der Waals surface area contributed by atoms with E-state index in [9.17, 15) is 4.79 Å². The van der Waals surface area contributed by atoms with Gasteiger partial charge in [0, 0.05) is 0 Å². The molecular formula is C13H16N6OS. The van der Waals surface area contributed by atoms with Crippen LogP contribution in [-0.2, 0) is 4.79 Å². The van der Waals surface area contributed by atoms with Gasteiger partial charge in [-0.3, -0.25) is 4.79 Å². The van der Waals surface area contributed by atoms with E-state index in [0.717, 1.165) is 18.4 Å². The number of nitrogens with one attached hydrogen (secondary N) is 1. The van der Waals surface area contributed by atoms with E-state index in [1.54, 1.807) is 10.7 Å². The third-order valence-corrected chi connectivity index (χ3v) is 4.19. The van der Waals surface area contributed by atoms with E-state index in [2.05, 4.69) is 20.8 Å². The molecule has 0 saturated heterocycles. The smallest absolute Gasteiger partial charge is 0.234 e. The highest BCUT2D eigenvalue weighted by Gasteiger charge is 2.28. The molecule has 110 valence electrons. The zero-order valence-corrected chi connectivity index (χ0v) is 12.4. The van der Waals surface area contributed by atoms with Gasteiger partial charge in [0.25, 0.3) is 0 Å². The second-order valence-electron chi connectivity index (χ2n) is 5.01. The van der Waals surface area contributed by atoms with Gasteiger partial charge in [-0.2, -0.15) is 0 Å². The van der Waals surface area contributed by atoms with Crippen LogP contribution < -0.4 is 11.1 Å². The fourth-order valence-corrected chi connectivity index (χ4v) is 2.74. The molecular weight excluding hydrogens is 288 g/mol. The summed E-state index contributed by atoms with van der Waals surface area (Å²) >= 11 is 1.34. The summed E-state index contributed by atoms with van der Waals surface area (Å²) in [6.07, 6.45) is 2.20. The van der Waals surface area contributed by atoms with E-state index in [0.29, 0.717) is 22.6 Å². The Morgan fingerprint density at radius 2 is 2.33 bits per heavy atom. The minimum Gasteiger partial charge on any atom is -0.397 e. The molecule has 0 spiro atoms. The van der Waals surface area contributed by atoms with Crippen LogP contribution in [0.15, 0.2) is 23.4 Å². The average Bonchev–Trinajstić information content (AvgIpc) is 3.19. The van der Waals surface area contributed by atoms with Gasteiger partial charge < -0.3 is 11.1 Å². The lowest BCUT2D eigenvalue weighted by molar-refractivity contribution is -0.113. The highest BCUT2D eigenvalue weighted by Crippen LogP contribution is 2.36. The van der Waals surface area contributed by atoms with Gasteiger partial charge in [-0.15, -0.1) is 5.10 Å². The van der Waals surface area contributed by atoms with Crippen molar-refractivity contribution in [3.8, 4) is 0 Å². The Kier molecular flexibility index (Phi) is 3.78. The van der Waals surface area contributed by atoms with E-state index >= 15 is 0 Å². The van der Waals surface area contributed by atoms with Crippen LogP contribution in [0.25, 0.3) is 0 Å². The molecule has 0 radical (unpaired) electrons. The quantitative estimate of drug-likeness (QED) is 0.643. The standard InChI is InChI=1S/C13H16N6OS/c1-8-3-2-4-10(14)12(8)15-11(20)7-21-13-16-17-18-19(13)9-5-6-9/h2-4,9H,5-7,14H2,1H3,(H,15,20). The molecule has 0 atom stereocenters. The lowest BCUT2D eigenvalue weighted by Crippen LogP contribution is -2.16. The number of anilines is 2. The summed E-state index contributed by atoms with van der Waals surface area (Å²) < 4.78 is 1.79. The topological polar surface area (TPSA) is 98.7 Å². The molecule has 1 aliphatic rings. The summed E-state index contributed by atoms with van der Waals surface area (Å²) in [5, 5.41) is 15.1. The number of benzene rings is 1. The first-order chi connectivity index (χ1) is 10.1. The second kappa shape index (κ2) is 5.72. The lowest BCUT2D eigenvalue weighted by Gasteiger charge is -2.10. The van der Waals surface area contributed by atoms with Crippen molar-refractivity contribution in [1.29, 1.82) is 0 Å². The summed E-state index contributed by atoms with van der Waals surface area (Å²) in [6.45, 7) is 1.91. The number of amides is 1. The van der Waals surface area contributed by atoms with Gasteiger partial charge in [0.05, 0.1) is 23.2 Å². The van der Waals surface area contributed by atoms with Gasteiger partial charge in [-0.1, -0.05) is 23.9 Å². The van der Waals surface area contributed by atoms with E-state index in [-0.39, 0.29) is 11.7 Å². The summed E-state index contributed by atoms with van der Waals surface area (Å²) in [4.78, 5) is 12.0. The van der Waals surface area contributed by atoms with Gasteiger partial charge in [0.2, 0.25) is 11.1 Å². The van der Waals surface area contributed by atoms with Gasteiger partial charge in [0.15, 0.2) is 0 Å². The number of nitrogens with two attached hydrogens (primary N) is 1. The van der Waals surface area contributed by atoms with Crippen molar-refractivity contribution in [2.24, 2.45) is 0 Å². The second-order valence-corrected chi connectivity index (χ2v) is 5.96. The van der Waals surface area contributed by atoms with Crippen LogP contribution >= 0.6 is 11.8 Å². The third-order valence-electron chi connectivity index (χ3n) is 3.26. The predicted molar refractivity (Wildman–Crippen MR) is 81.0 cm³/mol. The van der Waals surface area contributed by atoms with Crippen LogP contribution in [0.1, 0.15) is 24.4 Å². The molecule has 21 heavy (non-hydrogen) atoms. The third kappa shape index (κ3) is 3.15. The number of thioether (sulfide) groups is 1. The fourth-order valence-electron chi connectivity index (χ4n) is 2.00. The number of hydrogen-bond donors (Lipinski definition) is 2. The van der Waals surface area contributed by atoms with E-state index in [1.807, 2.05) is 19.1 Å². The monoisotopic (exact) mass is 304 g/mol. The zero-order chi connectivity index (χ0) is 14.8. The van der Waals surface area contributed by atoms with Crippen LogP contribution in [0.3, 0.4) is 0 Å². The van der Waals surface area contributed by atoms with E-state index < -0.39 is 0 Å². The van der Waals surface area contributed by atoms with Crippen LogP contribution in [0.2, 0.25) is 0 Å². The lowest BCUT2D eigenvalue weighted by atomic mass is 10.1. The molecule has 3 N–H and O–H groups in total. The molecule has 1 heterocycles. The number of hydrogen-bond acceptors (Lipinski definition) is 6. The van der Waals surface area contributed by atoms with Crippen molar-refractivity contribution in [2.75, 3.05) is 16.8 Å². The Morgan fingerprint density at radius 3 is 3.05 bits per heavy atom. The van der Waals surface area contributed by atoms with Crippen molar-refractivity contribution in [1.82, 2.24) is 20.2 Å². The molecule has 1 aromatic heterocycles. The Labute approximate surface area is 126 Å². The average molecular weight is 304 g/mol. The number of tetrazole rings is 1. The molecule has 1 aliphatic carbocycles. The highest BCUT2D eigenvalue weighted by molar-refractivity contribution is 7.99. The Morgan fingerprint density at radius 1 is 1.52 bits per heavy atom. The largest absolute Gasteiger partial charge is 0.397 e. The summed E-state index contributed by atoms with van der Waals surface area (Å²) in [7, 11) is 0. The number of carbonyl (C=O) groups is 1. The van der Waals surface area contributed by atoms with Gasteiger partial charge in [0.1, 0.15) is 0 Å². The Hall–Kier alpha value is -2.09. The van der Waals surface area contributed by atoms with Crippen LogP contribution in [0.4, 0.5) is 11.4 Å². The Balaban J connectivity index is 1.60. The minimum absolute atomic E-state index is 0.119. The number of carbonyl (C=O) groups excluding carboxylic acids is 1. The van der Waals surface area contributed by atoms with Crippen LogP contribution in [-0.4, -0.2) is 31.9 Å². The molecule has 1 saturated carbocycles. The highest BCUT2D eigenvalue weighted by atomic mass is 32.2. The SMILES string of the molecule is Cc1cccc(N)c1NC(=O)CSc1nnnn1C1CC1. The zero-order valence-electron chi connectivity index (χ0n) is 11.6. The van der Waals surface area contributed by atoms with Gasteiger partial charge in [-0.05, 0) is 41.8 Å². The normalized spacial score (nSPS) is 14.1. The fraction of sp³-hybridized carbons (Fsp3) is 0.385. The van der Waals surface area contributed by atoms with Crippen molar-refractivity contribution < 1.29 is 4.79 Å². The molecule has 1 amide bonds. The summed E-state index contributed by atoms with van der Waals surface area (Å²) in [6, 6.07) is 5.94. The molecule has 2 aromatic rings. The van der Waals surface area contributed by atoms with E-state index in [1.165, 1.54) is 11.8 Å². The molecule has 7 nitrogen and oxygen atoms in total. The maximum Gasteiger partial charge on any atom is 0.234 e. The number of aryl methyl sites for hydroxylation is 1. The molecule has 0 unspecified atom stereocenters. The predicted octanol–water partition coefficient (Wildman–Crippen LogP) is 1.63. The molecule has 1 aromatic carbocycles. The Bertz CT molecular complexity index is 646. The summed E-state index contributed by atoms with van der Waals surface area (Å²) in [5.41, 5.74) is 8.05. The van der Waals surface area contributed by atoms with E-state index in [4.69, 9.17) is 5.73 Å². The van der Waals surface area contributed by atoms with Crippen molar-refractivity contribution in [3.05, 3.63) is 23.8 Å². The summed E-state index contributed by atoms with van der Waals surface area (Å²) in [5.74, 6) is 0.132. The first kappa shape index (κ1) is 13.9. The van der Waals surface area contributed by atoms with Gasteiger partial charge in [-0.25, -0.2) is 4.68 Å². The molecule has 1 fully saturated rings. The first-order valence-electron chi connectivity index (χ1n) is 6.71. The number of aromatic nitrogens is 4. The maximum absolute atomic E-state index is 12.0. The number of para-hydroxylation sites is 1. The molecule has 3 rings (SSSR count). The molecule has 0 aliphatic heterocycles. The van der Waals surface area contributed by atoms with Gasteiger partial charge >= 0.3 is 0 Å². The number of nitrogen functional groups attached to an aromatic ring is 1. The van der Waals surface area contributed by atoms with Crippen LogP contribution in [0.5, 0.6) is 0 Å². The molecule has 8 heteroatoms. The number of rotatable bonds is 5.